The van der Waals surface area contributed by atoms with Crippen LogP contribution in [0.2, 0.25) is 5.02 Å². The highest BCUT2D eigenvalue weighted by atomic mass is 35.5. The van der Waals surface area contributed by atoms with E-state index in [9.17, 15) is 9.18 Å². The van der Waals surface area contributed by atoms with Crippen LogP contribution in [0.4, 0.5) is 4.39 Å². The number of carbonyl (C=O) groups excluding carboxylic acids is 1. The summed E-state index contributed by atoms with van der Waals surface area (Å²) in [6.07, 6.45) is 5.39. The van der Waals surface area contributed by atoms with Gasteiger partial charge in [-0.05, 0) is 25.0 Å². The normalized spacial score (nSPS) is 18.1. The summed E-state index contributed by atoms with van der Waals surface area (Å²) in [7, 11) is 0. The number of nitrogens with one attached hydrogen (secondary N) is 1. The maximum Gasteiger partial charge on any atom is 0.242 e. The van der Waals surface area contributed by atoms with Gasteiger partial charge in [-0.3, -0.25) is 4.79 Å². The molecular formula is C14H16Cl2FNO. The molecule has 104 valence electrons. The predicted octanol–water partition coefficient (Wildman–Crippen LogP) is 4.21. The number of carbonyl (C=O) groups is 1. The Morgan fingerprint density at radius 3 is 2.63 bits per heavy atom. The van der Waals surface area contributed by atoms with Gasteiger partial charge in [0.2, 0.25) is 5.91 Å². The van der Waals surface area contributed by atoms with Crippen molar-refractivity contribution < 1.29 is 9.18 Å². The molecule has 1 aromatic carbocycles. The highest BCUT2D eigenvalue weighted by Crippen LogP contribution is 2.27. The zero-order valence-electron chi connectivity index (χ0n) is 10.5. The second-order valence-electron chi connectivity index (χ2n) is 4.87. The predicted molar refractivity (Wildman–Crippen MR) is 75.0 cm³/mol. The number of amides is 1. The van der Waals surface area contributed by atoms with Crippen LogP contribution in [0.25, 0.3) is 0 Å². The van der Waals surface area contributed by atoms with Crippen molar-refractivity contribution in [1.29, 1.82) is 0 Å². The molecule has 0 bridgehead atoms. The monoisotopic (exact) mass is 303 g/mol. The fourth-order valence-corrected chi connectivity index (χ4v) is 2.77. The number of alkyl halides is 1. The molecule has 0 aliphatic heterocycles. The lowest BCUT2D eigenvalue weighted by Crippen LogP contribution is -2.38. The van der Waals surface area contributed by atoms with Gasteiger partial charge in [0.15, 0.2) is 0 Å². The minimum absolute atomic E-state index is 0.165. The second-order valence-corrected chi connectivity index (χ2v) is 5.74. The van der Waals surface area contributed by atoms with E-state index in [-0.39, 0.29) is 22.5 Å². The molecule has 0 aromatic heterocycles. The molecule has 0 heterocycles. The van der Waals surface area contributed by atoms with Crippen molar-refractivity contribution in [3.8, 4) is 0 Å². The lowest BCUT2D eigenvalue weighted by Gasteiger charge is -2.24. The van der Waals surface area contributed by atoms with Crippen molar-refractivity contribution in [2.75, 3.05) is 0 Å². The lowest BCUT2D eigenvalue weighted by atomic mass is 9.95. The quantitative estimate of drug-likeness (QED) is 0.833. The Hall–Kier alpha value is -0.800. The Kier molecular flexibility index (Phi) is 5.06. The number of rotatable bonds is 3. The molecule has 5 heteroatoms. The van der Waals surface area contributed by atoms with Gasteiger partial charge in [0.05, 0.1) is 0 Å². The summed E-state index contributed by atoms with van der Waals surface area (Å²) in [4.78, 5) is 12.0. The van der Waals surface area contributed by atoms with Crippen LogP contribution in [-0.4, -0.2) is 11.9 Å². The summed E-state index contributed by atoms with van der Waals surface area (Å²) in [6, 6.07) is 4.32. The van der Waals surface area contributed by atoms with Crippen LogP contribution >= 0.6 is 23.2 Å². The van der Waals surface area contributed by atoms with E-state index in [1.54, 1.807) is 0 Å². The van der Waals surface area contributed by atoms with E-state index in [1.807, 2.05) is 0 Å². The van der Waals surface area contributed by atoms with Gasteiger partial charge in [0.25, 0.3) is 0 Å². The summed E-state index contributed by atoms with van der Waals surface area (Å²) in [5, 5.41) is 2.16. The molecule has 1 aliphatic carbocycles. The van der Waals surface area contributed by atoms with Crippen LogP contribution in [0.15, 0.2) is 18.2 Å². The van der Waals surface area contributed by atoms with Crippen LogP contribution in [0.1, 0.15) is 43.0 Å². The van der Waals surface area contributed by atoms with E-state index in [0.717, 1.165) is 25.7 Å². The first-order chi connectivity index (χ1) is 9.08. The molecule has 1 aliphatic rings. The maximum absolute atomic E-state index is 13.7. The third kappa shape index (κ3) is 3.83. The van der Waals surface area contributed by atoms with Crippen LogP contribution in [0.5, 0.6) is 0 Å². The van der Waals surface area contributed by atoms with Gasteiger partial charge in [-0.1, -0.05) is 36.9 Å². The van der Waals surface area contributed by atoms with E-state index >= 15 is 0 Å². The van der Waals surface area contributed by atoms with Gasteiger partial charge in [-0.25, -0.2) is 4.39 Å². The molecule has 1 fully saturated rings. The molecular weight excluding hydrogens is 288 g/mol. The summed E-state index contributed by atoms with van der Waals surface area (Å²) in [6.45, 7) is 0. The van der Waals surface area contributed by atoms with E-state index in [0.29, 0.717) is 0 Å². The molecule has 1 atom stereocenters. The van der Waals surface area contributed by atoms with E-state index < -0.39 is 11.2 Å². The third-order valence-electron chi connectivity index (χ3n) is 3.42. The smallest absolute Gasteiger partial charge is 0.242 e. The van der Waals surface area contributed by atoms with Gasteiger partial charge in [0.1, 0.15) is 11.2 Å². The standard InChI is InChI=1S/C14H16Cl2FNO/c15-9-6-7-11(12(17)8-9)13(16)14(19)18-10-4-2-1-3-5-10/h6-8,10,13H,1-5H2,(H,18,19). The van der Waals surface area contributed by atoms with Gasteiger partial charge in [0, 0.05) is 16.6 Å². The largest absolute Gasteiger partial charge is 0.352 e. The average molecular weight is 304 g/mol. The van der Waals surface area contributed by atoms with Crippen LogP contribution in [0, 0.1) is 5.82 Å². The van der Waals surface area contributed by atoms with Crippen molar-refractivity contribution >= 4 is 29.1 Å². The van der Waals surface area contributed by atoms with Gasteiger partial charge < -0.3 is 5.32 Å². The number of halogens is 3. The average Bonchev–Trinajstić information content (AvgIpc) is 2.39. The summed E-state index contributed by atoms with van der Waals surface area (Å²) >= 11 is 11.7. The molecule has 0 spiro atoms. The molecule has 1 amide bonds. The summed E-state index contributed by atoms with van der Waals surface area (Å²) in [5.74, 6) is -0.888. The van der Waals surface area contributed by atoms with Crippen LogP contribution in [0.3, 0.4) is 0 Å². The van der Waals surface area contributed by atoms with Crippen molar-refractivity contribution in [3.63, 3.8) is 0 Å². The zero-order chi connectivity index (χ0) is 13.8. The Morgan fingerprint density at radius 1 is 1.32 bits per heavy atom. The minimum Gasteiger partial charge on any atom is -0.352 e. The maximum atomic E-state index is 13.7. The van der Waals surface area contributed by atoms with E-state index in [2.05, 4.69) is 5.32 Å². The number of hydrogen-bond acceptors (Lipinski definition) is 1. The van der Waals surface area contributed by atoms with Crippen molar-refractivity contribution in [1.82, 2.24) is 5.32 Å². The SMILES string of the molecule is O=C(NC1CCCCC1)C(Cl)c1ccc(Cl)cc1F. The molecule has 19 heavy (non-hydrogen) atoms. The van der Waals surface area contributed by atoms with Crippen LogP contribution in [-0.2, 0) is 4.79 Å². The first-order valence-corrected chi connectivity index (χ1v) is 7.29. The molecule has 0 radical (unpaired) electrons. The van der Waals surface area contributed by atoms with Crippen molar-refractivity contribution in [3.05, 3.63) is 34.6 Å². The lowest BCUT2D eigenvalue weighted by molar-refractivity contribution is -0.121. The number of benzene rings is 1. The molecule has 0 saturated heterocycles. The Labute approximate surface area is 122 Å². The molecule has 1 aromatic rings. The van der Waals surface area contributed by atoms with Crippen molar-refractivity contribution in [2.24, 2.45) is 0 Å². The highest BCUT2D eigenvalue weighted by Gasteiger charge is 2.24. The molecule has 1 saturated carbocycles. The summed E-state index contributed by atoms with van der Waals surface area (Å²) in [5.41, 5.74) is 0.166. The third-order valence-corrected chi connectivity index (χ3v) is 4.09. The first-order valence-electron chi connectivity index (χ1n) is 6.47. The van der Waals surface area contributed by atoms with Crippen molar-refractivity contribution in [2.45, 2.75) is 43.5 Å². The van der Waals surface area contributed by atoms with E-state index in [4.69, 9.17) is 23.2 Å². The Balaban J connectivity index is 2.01. The second kappa shape index (κ2) is 6.58. The number of hydrogen-bond donors (Lipinski definition) is 1. The van der Waals surface area contributed by atoms with Crippen LogP contribution < -0.4 is 5.32 Å². The fraction of sp³-hybridized carbons (Fsp3) is 0.500. The molecule has 2 rings (SSSR count). The van der Waals surface area contributed by atoms with Gasteiger partial charge >= 0.3 is 0 Å². The molecule has 1 unspecified atom stereocenters. The first kappa shape index (κ1) is 14.6. The van der Waals surface area contributed by atoms with E-state index in [1.165, 1.54) is 24.6 Å². The molecule has 2 nitrogen and oxygen atoms in total. The van der Waals surface area contributed by atoms with Gasteiger partial charge in [-0.15, -0.1) is 11.6 Å². The summed E-state index contributed by atoms with van der Waals surface area (Å²) < 4.78 is 13.7. The topological polar surface area (TPSA) is 29.1 Å². The Bertz CT molecular complexity index is 461. The van der Waals surface area contributed by atoms with Gasteiger partial charge in [-0.2, -0.15) is 0 Å². The Morgan fingerprint density at radius 2 is 2.00 bits per heavy atom. The molecule has 1 N–H and O–H groups in total. The minimum atomic E-state index is -1.01. The fourth-order valence-electron chi connectivity index (χ4n) is 2.37. The highest BCUT2D eigenvalue weighted by molar-refractivity contribution is 6.31. The zero-order valence-corrected chi connectivity index (χ0v) is 12.0.